The third kappa shape index (κ3) is 2.85. The lowest BCUT2D eigenvalue weighted by Crippen LogP contribution is -2.21. The number of aromatic nitrogens is 2. The normalized spacial score (nSPS) is 12.7. The minimum atomic E-state index is -0.826. The highest BCUT2D eigenvalue weighted by atomic mass is 16.4. The van der Waals surface area contributed by atoms with Crippen molar-refractivity contribution >= 4 is 5.97 Å². The maximum atomic E-state index is 11.1. The molecule has 5 nitrogen and oxygen atoms in total. The van der Waals surface area contributed by atoms with Crippen LogP contribution in [0.1, 0.15) is 43.3 Å². The van der Waals surface area contributed by atoms with Crippen LogP contribution in [0.15, 0.2) is 0 Å². The minimum Gasteiger partial charge on any atom is -0.480 e. The Morgan fingerprint density at radius 1 is 1.47 bits per heavy atom. The lowest BCUT2D eigenvalue weighted by atomic mass is 10.1. The van der Waals surface area contributed by atoms with Crippen LogP contribution >= 0.6 is 0 Å². The highest BCUT2D eigenvalue weighted by molar-refractivity contribution is 5.71. The van der Waals surface area contributed by atoms with Gasteiger partial charge in [0.05, 0.1) is 5.69 Å². The molecule has 0 amide bonds. The second kappa shape index (κ2) is 5.82. The van der Waals surface area contributed by atoms with E-state index in [0.29, 0.717) is 6.42 Å². The van der Waals surface area contributed by atoms with Crippen LogP contribution in [0.4, 0.5) is 0 Å². The molecule has 2 N–H and O–H groups in total. The molecule has 1 unspecified atom stereocenters. The van der Waals surface area contributed by atoms with Gasteiger partial charge in [-0.3, -0.25) is 4.68 Å². The summed E-state index contributed by atoms with van der Waals surface area (Å²) in [5.74, 6) is -0.826. The van der Waals surface area contributed by atoms with Crippen molar-refractivity contribution in [3.05, 3.63) is 17.0 Å². The third-order valence-corrected chi connectivity index (χ3v) is 2.99. The van der Waals surface area contributed by atoms with Crippen LogP contribution in [-0.4, -0.2) is 27.4 Å². The molecule has 0 aliphatic rings. The molecular formula is C12H21N3O2. The Hall–Kier alpha value is -1.36. The smallest absolute Gasteiger partial charge is 0.328 e. The van der Waals surface area contributed by atoms with Crippen molar-refractivity contribution in [3.63, 3.8) is 0 Å². The first-order valence-electron chi connectivity index (χ1n) is 6.00. The van der Waals surface area contributed by atoms with Crippen molar-refractivity contribution in [1.29, 1.82) is 0 Å². The van der Waals surface area contributed by atoms with Crippen molar-refractivity contribution < 1.29 is 9.90 Å². The molecule has 0 aliphatic heterocycles. The molecule has 1 aromatic heterocycles. The summed E-state index contributed by atoms with van der Waals surface area (Å²) in [5.41, 5.74) is 2.95. The standard InChI is InChI=1S/C12H21N3O2/c1-5-11(12(16)17)15-9(4)10(7-13-6-2)8(3)14-15/h11,13H,5-7H2,1-4H3,(H,16,17). The first kappa shape index (κ1) is 13.7. The van der Waals surface area contributed by atoms with Gasteiger partial charge in [0.2, 0.25) is 0 Å². The lowest BCUT2D eigenvalue weighted by Gasteiger charge is -2.12. The first-order valence-corrected chi connectivity index (χ1v) is 6.00. The predicted molar refractivity (Wildman–Crippen MR) is 66.0 cm³/mol. The van der Waals surface area contributed by atoms with Gasteiger partial charge in [0, 0.05) is 17.8 Å². The number of carboxylic acid groups (broad SMARTS) is 1. The molecule has 0 radical (unpaired) electrons. The van der Waals surface area contributed by atoms with Crippen LogP contribution in [0.5, 0.6) is 0 Å². The van der Waals surface area contributed by atoms with Crippen LogP contribution in [0, 0.1) is 13.8 Å². The Morgan fingerprint density at radius 2 is 2.12 bits per heavy atom. The van der Waals surface area contributed by atoms with Gasteiger partial charge in [-0.15, -0.1) is 0 Å². The molecule has 1 heterocycles. The number of carbonyl (C=O) groups is 1. The van der Waals surface area contributed by atoms with Gasteiger partial charge in [0.25, 0.3) is 0 Å². The van der Waals surface area contributed by atoms with E-state index in [4.69, 9.17) is 5.11 Å². The van der Waals surface area contributed by atoms with Crippen LogP contribution in [0.2, 0.25) is 0 Å². The average Bonchev–Trinajstić information content (AvgIpc) is 2.53. The molecule has 0 fully saturated rings. The molecular weight excluding hydrogens is 218 g/mol. The van der Waals surface area contributed by atoms with Crippen molar-refractivity contribution in [3.8, 4) is 0 Å². The van der Waals surface area contributed by atoms with Gasteiger partial charge in [-0.05, 0) is 26.8 Å². The van der Waals surface area contributed by atoms with E-state index in [9.17, 15) is 4.79 Å². The highest BCUT2D eigenvalue weighted by Gasteiger charge is 2.22. The molecule has 96 valence electrons. The third-order valence-electron chi connectivity index (χ3n) is 2.99. The summed E-state index contributed by atoms with van der Waals surface area (Å²) in [4.78, 5) is 11.1. The van der Waals surface area contributed by atoms with Crippen molar-refractivity contribution in [1.82, 2.24) is 15.1 Å². The molecule has 0 saturated heterocycles. The van der Waals surface area contributed by atoms with Crippen LogP contribution in [-0.2, 0) is 11.3 Å². The second-order valence-electron chi connectivity index (χ2n) is 4.14. The monoisotopic (exact) mass is 239 g/mol. The molecule has 0 saturated carbocycles. The fraction of sp³-hybridized carbons (Fsp3) is 0.667. The van der Waals surface area contributed by atoms with E-state index in [0.717, 1.165) is 30.0 Å². The zero-order chi connectivity index (χ0) is 13.0. The number of aryl methyl sites for hydroxylation is 1. The minimum absolute atomic E-state index is 0.540. The SMILES string of the molecule is CCNCc1c(C)nn(C(CC)C(=O)O)c1C. The fourth-order valence-electron chi connectivity index (χ4n) is 1.96. The fourth-order valence-corrected chi connectivity index (χ4v) is 1.96. The van der Waals surface area contributed by atoms with Gasteiger partial charge in [-0.25, -0.2) is 4.79 Å². The Balaban J connectivity index is 3.06. The molecule has 1 rings (SSSR count). The van der Waals surface area contributed by atoms with Gasteiger partial charge >= 0.3 is 5.97 Å². The average molecular weight is 239 g/mol. The van der Waals surface area contributed by atoms with Crippen LogP contribution in [0.3, 0.4) is 0 Å². The predicted octanol–water partition coefficient (Wildman–Crippen LogP) is 1.65. The number of carboxylic acids is 1. The Bertz CT molecular complexity index is 399. The molecule has 0 aromatic carbocycles. The molecule has 0 bridgehead atoms. The zero-order valence-electron chi connectivity index (χ0n) is 10.9. The quantitative estimate of drug-likeness (QED) is 0.792. The van der Waals surface area contributed by atoms with Gasteiger partial charge in [-0.2, -0.15) is 5.10 Å². The van der Waals surface area contributed by atoms with Crippen LogP contribution in [0.25, 0.3) is 0 Å². The maximum absolute atomic E-state index is 11.1. The Kier molecular flexibility index (Phi) is 4.69. The summed E-state index contributed by atoms with van der Waals surface area (Å²) in [6, 6.07) is -0.566. The van der Waals surface area contributed by atoms with Gasteiger partial charge in [0.15, 0.2) is 0 Å². The van der Waals surface area contributed by atoms with Gasteiger partial charge in [0.1, 0.15) is 6.04 Å². The summed E-state index contributed by atoms with van der Waals surface area (Å²) < 4.78 is 1.63. The van der Waals surface area contributed by atoms with E-state index in [-0.39, 0.29) is 0 Å². The van der Waals surface area contributed by atoms with Crippen LogP contribution < -0.4 is 5.32 Å². The Labute approximate surface area is 102 Å². The summed E-state index contributed by atoms with van der Waals surface area (Å²) in [5, 5.41) is 16.7. The van der Waals surface area contributed by atoms with Crippen molar-refractivity contribution in [2.45, 2.75) is 46.7 Å². The molecule has 0 spiro atoms. The van der Waals surface area contributed by atoms with E-state index in [2.05, 4.69) is 10.4 Å². The van der Waals surface area contributed by atoms with Crippen molar-refractivity contribution in [2.75, 3.05) is 6.54 Å². The van der Waals surface area contributed by atoms with E-state index in [1.165, 1.54) is 0 Å². The summed E-state index contributed by atoms with van der Waals surface area (Å²) >= 11 is 0. The van der Waals surface area contributed by atoms with E-state index >= 15 is 0 Å². The summed E-state index contributed by atoms with van der Waals surface area (Å²) in [7, 11) is 0. The number of hydrogen-bond donors (Lipinski definition) is 2. The molecule has 5 heteroatoms. The number of hydrogen-bond acceptors (Lipinski definition) is 3. The van der Waals surface area contributed by atoms with E-state index in [1.54, 1.807) is 4.68 Å². The molecule has 17 heavy (non-hydrogen) atoms. The summed E-state index contributed by atoms with van der Waals surface area (Å²) in [6.45, 7) is 9.38. The van der Waals surface area contributed by atoms with Gasteiger partial charge < -0.3 is 10.4 Å². The van der Waals surface area contributed by atoms with Gasteiger partial charge in [-0.1, -0.05) is 13.8 Å². The lowest BCUT2D eigenvalue weighted by molar-refractivity contribution is -0.141. The number of nitrogens with zero attached hydrogens (tertiary/aromatic N) is 2. The molecule has 0 aliphatic carbocycles. The highest BCUT2D eigenvalue weighted by Crippen LogP contribution is 2.19. The zero-order valence-corrected chi connectivity index (χ0v) is 10.9. The second-order valence-corrected chi connectivity index (χ2v) is 4.14. The maximum Gasteiger partial charge on any atom is 0.328 e. The number of nitrogens with one attached hydrogen (secondary N) is 1. The number of aliphatic carboxylic acids is 1. The molecule has 1 atom stereocenters. The Morgan fingerprint density at radius 3 is 2.59 bits per heavy atom. The number of rotatable bonds is 6. The van der Waals surface area contributed by atoms with E-state index in [1.807, 2.05) is 27.7 Å². The molecule has 1 aromatic rings. The summed E-state index contributed by atoms with van der Waals surface area (Å²) in [6.07, 6.45) is 0.540. The first-order chi connectivity index (χ1) is 8.02. The van der Waals surface area contributed by atoms with Crippen molar-refractivity contribution in [2.24, 2.45) is 0 Å². The van der Waals surface area contributed by atoms with E-state index < -0.39 is 12.0 Å². The topological polar surface area (TPSA) is 67.2 Å². The largest absolute Gasteiger partial charge is 0.480 e.